The molecule has 4 fully saturated rings. The largest absolute Gasteiger partial charge is 0.474 e. The topological polar surface area (TPSA) is 564 Å². The highest BCUT2D eigenvalue weighted by Gasteiger charge is 2.48. The number of amides is 1. The second-order valence-corrected chi connectivity index (χ2v) is 32.8. The minimum absolute atomic E-state index is 0.0505. The number of rotatable bonds is 54. The predicted molar refractivity (Wildman–Crippen MR) is 343 cm³/mol. The molecule has 24 atom stereocenters. The molecule has 0 saturated carbocycles. The molecule has 12 unspecified atom stereocenters. The Bertz CT molecular complexity index is 2530. The summed E-state index contributed by atoms with van der Waals surface area (Å²) in [4.78, 5) is 64.6. The van der Waals surface area contributed by atoms with E-state index in [1.807, 2.05) is 0 Å². The molecule has 15 N–H and O–H groups in total. The molecule has 4 heterocycles. The predicted octanol–water partition coefficient (Wildman–Crippen LogP) is 1.09. The number of hydrogen-bond donors (Lipinski definition) is 15. The minimum Gasteiger partial charge on any atom is -0.394 e. The average Bonchev–Trinajstić information content (AvgIpc) is 1.08. The third kappa shape index (κ3) is 34.3. The Morgan fingerprint density at radius 1 is 0.440 bits per heavy atom. The van der Waals surface area contributed by atoms with Crippen LogP contribution in [0.1, 0.15) is 118 Å². The van der Waals surface area contributed by atoms with E-state index in [2.05, 4.69) is 5.32 Å². The van der Waals surface area contributed by atoms with Crippen molar-refractivity contribution < 1.29 is 181 Å². The molecule has 1 amide bonds. The number of aliphatic hydroxyl groups excluding tert-OH is 9. The number of phosphoric ester groups is 4. The second-order valence-electron chi connectivity index (χ2n) is 25.1. The number of nitrogens with one attached hydrogen (secondary N) is 1. The Labute approximate surface area is 581 Å². The lowest BCUT2D eigenvalue weighted by atomic mass is 9.92. The monoisotopic (exact) mass is 1560 g/mol. The molecule has 0 spiro atoms. The molecule has 4 rings (SSSR count). The summed E-state index contributed by atoms with van der Waals surface area (Å²) >= 11 is 0. The standard InChI is InChI=1S/C56H110NO38P5/c1-37-27-41(95-96(5,68)69)45(91-37)31-87-100(76,77)89-35-56(34-88-98(72,73)84-24-16-10-7-13-21-81-54-39(3)48(63)50(65)43(29-59)93-54,32-78-19-18-26-86-97(70,71)83-23-15-9-6-12-20-80-53-38(2)47(62)49(64)42(28-58)92-53)33-79-36-90-99(74,75)85-25-17-11-8-14-22-82-55-46(57-40(4)61)52(67)51(66)44(30-60)94-55/h37-39,41-55,58-60,62-67H,6-36H2,1-5H3,(H,57,61)(H,68,69)(H,70,71)(H,72,73)(H,74,75)(H,76,77)/t37-,38?,39?,41-,42?,43?,44?,45+,46?,47+,48+,49-,50-,51-,52+,53+,54+,55+,56?/m0/s1. The van der Waals surface area contributed by atoms with Crippen LogP contribution >= 0.6 is 38.9 Å². The smallest absolute Gasteiger partial charge is 0.394 e. The van der Waals surface area contributed by atoms with E-state index in [-0.39, 0.29) is 71.9 Å². The fraction of sp³-hybridized carbons (Fsp3) is 0.982. The highest BCUT2D eigenvalue weighted by atomic mass is 31.2. The highest BCUT2D eigenvalue weighted by molar-refractivity contribution is 7.52. The summed E-state index contributed by atoms with van der Waals surface area (Å²) in [6.45, 7) is -0.961. The summed E-state index contributed by atoms with van der Waals surface area (Å²) in [7, 11) is -23.9. The first-order valence-electron chi connectivity index (χ1n) is 33.3. The van der Waals surface area contributed by atoms with Gasteiger partial charge < -0.3 is 123 Å². The molecule has 44 heteroatoms. The molecule has 0 aromatic heterocycles. The van der Waals surface area contributed by atoms with Gasteiger partial charge in [-0.2, -0.15) is 0 Å². The molecule has 0 aromatic carbocycles. The van der Waals surface area contributed by atoms with Gasteiger partial charge >= 0.3 is 38.9 Å². The molecule has 39 nitrogen and oxygen atoms in total. The van der Waals surface area contributed by atoms with E-state index in [0.717, 1.165) is 6.66 Å². The number of hydrogen-bond acceptors (Lipinski definition) is 33. The zero-order chi connectivity index (χ0) is 74.3. The molecule has 100 heavy (non-hydrogen) atoms. The van der Waals surface area contributed by atoms with Crippen molar-refractivity contribution in [3.8, 4) is 0 Å². The number of unbranched alkanes of at least 4 members (excludes halogenated alkanes) is 9. The van der Waals surface area contributed by atoms with Crippen molar-refractivity contribution in [2.75, 3.05) is 119 Å². The van der Waals surface area contributed by atoms with E-state index in [1.54, 1.807) is 20.8 Å². The van der Waals surface area contributed by atoms with Crippen LogP contribution in [-0.2, 0) is 111 Å². The zero-order valence-electron chi connectivity index (χ0n) is 57.1. The Balaban J connectivity index is 1.37. The Morgan fingerprint density at radius 3 is 1.26 bits per heavy atom. The number of carbonyl (C=O) groups is 1. The van der Waals surface area contributed by atoms with E-state index in [0.29, 0.717) is 64.2 Å². The zero-order valence-corrected chi connectivity index (χ0v) is 61.6. The van der Waals surface area contributed by atoms with Gasteiger partial charge in [-0.25, -0.2) is 18.3 Å². The average molecular weight is 1560 g/mol. The lowest BCUT2D eigenvalue weighted by molar-refractivity contribution is -0.282. The van der Waals surface area contributed by atoms with Crippen molar-refractivity contribution in [2.45, 2.75) is 216 Å². The molecule has 0 aliphatic carbocycles. The molecule has 592 valence electrons. The first-order chi connectivity index (χ1) is 47.1. The van der Waals surface area contributed by atoms with Gasteiger partial charge in [-0.3, -0.25) is 45.5 Å². The van der Waals surface area contributed by atoms with Gasteiger partial charge in [0, 0.05) is 58.3 Å². The van der Waals surface area contributed by atoms with Crippen LogP contribution in [0.15, 0.2) is 0 Å². The molecule has 4 aliphatic heterocycles. The molecule has 0 aromatic rings. The first kappa shape index (κ1) is 91.7. The molecule has 4 saturated heterocycles. The molecule has 0 bridgehead atoms. The van der Waals surface area contributed by atoms with Crippen molar-refractivity contribution >= 4 is 44.8 Å². The lowest BCUT2D eigenvalue weighted by Crippen LogP contribution is -2.64. The van der Waals surface area contributed by atoms with Gasteiger partial charge in [0.15, 0.2) is 25.7 Å². The molecular formula is C56H110NO38P5. The summed E-state index contributed by atoms with van der Waals surface area (Å²) in [6.07, 6.45) is -11.6. The maximum atomic E-state index is 13.6. The number of ether oxygens (including phenoxy) is 9. The van der Waals surface area contributed by atoms with Crippen LogP contribution in [0.4, 0.5) is 0 Å². The van der Waals surface area contributed by atoms with Crippen LogP contribution in [0.3, 0.4) is 0 Å². The van der Waals surface area contributed by atoms with Gasteiger partial charge in [-0.15, -0.1) is 0 Å². The summed E-state index contributed by atoms with van der Waals surface area (Å²) in [6, 6.07) is -1.14. The Hall–Kier alpha value is -0.660. The third-order valence-corrected chi connectivity index (χ3v) is 20.9. The lowest BCUT2D eigenvalue weighted by Gasteiger charge is -2.42. The fourth-order valence-electron chi connectivity index (χ4n) is 10.7. The Kier molecular flexibility index (Phi) is 42.2. The van der Waals surface area contributed by atoms with E-state index in [4.69, 9.17) is 83.3 Å². The van der Waals surface area contributed by atoms with Gasteiger partial charge in [0.25, 0.3) is 0 Å². The minimum atomic E-state index is -5.23. The van der Waals surface area contributed by atoms with Crippen LogP contribution < -0.4 is 5.32 Å². The van der Waals surface area contributed by atoms with Crippen LogP contribution in [0, 0.1) is 17.3 Å². The maximum Gasteiger partial charge on any atom is 0.474 e. The molecule has 0 radical (unpaired) electrons. The molecule has 4 aliphatic rings. The SMILES string of the molecule is CC(=O)NC1[C@H](OCCCCCCOP(=O)(O)OCOCC(COCCCOP(=O)(O)OCCCCCCO[C@@H]2OC(CO)[C@H](O)[C@H](O)C2C)(COP(=O)(O)OCCCCCCO[C@@H]2OC(CO)[C@H](O)[C@H](O)C2C)COP(=O)(O)OC[C@H]2O[C@@H](C)C[C@@H]2OP(C)(=O)O)OC(CO)[C@H](O)[C@@H]1O. The van der Waals surface area contributed by atoms with Gasteiger partial charge in [0.05, 0.1) is 109 Å². The summed E-state index contributed by atoms with van der Waals surface area (Å²) in [5.74, 6) is -1.70. The van der Waals surface area contributed by atoms with Crippen molar-refractivity contribution in [2.24, 2.45) is 17.3 Å². The Morgan fingerprint density at radius 2 is 0.820 bits per heavy atom. The summed E-state index contributed by atoms with van der Waals surface area (Å²) < 4.78 is 163. The quantitative estimate of drug-likeness (QED) is 0.0230. The fourth-order valence-corrected chi connectivity index (χ4v) is 14.5. The van der Waals surface area contributed by atoms with Crippen LogP contribution in [-0.4, -0.2) is 294 Å². The van der Waals surface area contributed by atoms with Crippen molar-refractivity contribution in [1.82, 2.24) is 5.32 Å². The summed E-state index contributed by atoms with van der Waals surface area (Å²) in [5, 5.41) is 92.6. The first-order valence-corrected chi connectivity index (χ1v) is 41.3. The van der Waals surface area contributed by atoms with Crippen molar-refractivity contribution in [3.05, 3.63) is 0 Å². The van der Waals surface area contributed by atoms with E-state index in [9.17, 15) is 98.0 Å². The third-order valence-electron chi connectivity index (χ3n) is 16.3. The van der Waals surface area contributed by atoms with Gasteiger partial charge in [0.1, 0.15) is 54.9 Å². The summed E-state index contributed by atoms with van der Waals surface area (Å²) in [5.41, 5.74) is -1.99. The van der Waals surface area contributed by atoms with E-state index >= 15 is 0 Å². The van der Waals surface area contributed by atoms with E-state index in [1.165, 1.54) is 6.92 Å². The maximum absolute atomic E-state index is 13.6. The van der Waals surface area contributed by atoms with Gasteiger partial charge in [-0.1, -0.05) is 52.4 Å². The van der Waals surface area contributed by atoms with Gasteiger partial charge in [-0.05, 0) is 51.9 Å². The van der Waals surface area contributed by atoms with Crippen molar-refractivity contribution in [1.29, 1.82) is 0 Å². The number of carbonyl (C=O) groups excluding carboxylic acids is 1. The second kappa shape index (κ2) is 46.0. The van der Waals surface area contributed by atoms with E-state index < -0.39 is 226 Å². The normalized spacial score (nSPS) is 32.6. The van der Waals surface area contributed by atoms with Crippen LogP contribution in [0.2, 0.25) is 0 Å². The number of aliphatic hydroxyl groups is 9. The molecular weight excluding hydrogens is 1450 g/mol. The van der Waals surface area contributed by atoms with Gasteiger partial charge in [0.2, 0.25) is 5.91 Å². The number of phosphoric acid groups is 4. The van der Waals surface area contributed by atoms with Crippen LogP contribution in [0.5, 0.6) is 0 Å². The highest BCUT2D eigenvalue weighted by Crippen LogP contribution is 2.50. The van der Waals surface area contributed by atoms with Crippen LogP contribution in [0.25, 0.3) is 0 Å². The van der Waals surface area contributed by atoms with Crippen molar-refractivity contribution in [3.63, 3.8) is 0 Å².